The van der Waals surface area contributed by atoms with E-state index in [-0.39, 0.29) is 63.4 Å². The van der Waals surface area contributed by atoms with Crippen molar-refractivity contribution in [3.8, 4) is 0 Å². The third kappa shape index (κ3) is 10.3. The van der Waals surface area contributed by atoms with Crippen molar-refractivity contribution in [2.45, 2.75) is 19.9 Å². The molecule has 11 nitrogen and oxygen atoms in total. The van der Waals surface area contributed by atoms with Gasteiger partial charge in [-0.05, 0) is 0 Å². The summed E-state index contributed by atoms with van der Waals surface area (Å²) in [7, 11) is 0. The first-order chi connectivity index (χ1) is 12.0. The Hall–Kier alpha value is -2.21. The van der Waals surface area contributed by atoms with Gasteiger partial charge in [0.2, 0.25) is 11.8 Å². The van der Waals surface area contributed by atoms with Crippen LogP contribution in [-0.2, 0) is 25.7 Å². The summed E-state index contributed by atoms with van der Waals surface area (Å²) in [6.45, 7) is 2.41. The number of Topliss-reactive ketones (excluding diaryl/α,β-unsaturated/α-hetero) is 2. The first-order valence-electron chi connectivity index (χ1n) is 7.79. The van der Waals surface area contributed by atoms with Gasteiger partial charge >= 0.3 is 0 Å². The van der Waals surface area contributed by atoms with Crippen molar-refractivity contribution in [1.82, 2.24) is 26.1 Å². The van der Waals surface area contributed by atoms with Gasteiger partial charge in [0.15, 0.2) is 11.6 Å². The molecule has 0 aromatic carbocycles. The van der Waals surface area contributed by atoms with Crippen LogP contribution in [0.3, 0.4) is 0 Å². The predicted molar refractivity (Wildman–Crippen MR) is 86.3 cm³/mol. The van der Waals surface area contributed by atoms with E-state index in [0.717, 1.165) is 0 Å². The number of ether oxygens (including phenoxy) is 1. The second-order valence-electron chi connectivity index (χ2n) is 5.13. The Morgan fingerprint density at radius 2 is 2.00 bits per heavy atom. The Balaban J connectivity index is 1.96. The highest BCUT2D eigenvalue weighted by Crippen LogP contribution is 1.93. The lowest BCUT2D eigenvalue weighted by Crippen LogP contribution is -2.35. The van der Waals surface area contributed by atoms with Gasteiger partial charge in [-0.25, -0.2) is 0 Å². The minimum absolute atomic E-state index is 0.0380. The van der Waals surface area contributed by atoms with Gasteiger partial charge in [-0.1, -0.05) is 5.16 Å². The third-order valence-electron chi connectivity index (χ3n) is 2.90. The molecule has 25 heavy (non-hydrogen) atoms. The van der Waals surface area contributed by atoms with Crippen LogP contribution in [0.25, 0.3) is 0 Å². The molecule has 0 fully saturated rings. The molecule has 1 aromatic rings. The fraction of sp³-hybridized carbons (Fsp3) is 0.643. The number of carbonyl (C=O) groups is 3. The molecule has 0 bridgehead atoms. The molecule has 0 aliphatic carbocycles. The smallest absolute Gasteiger partial charge is 0.234 e. The summed E-state index contributed by atoms with van der Waals surface area (Å²) in [5.74, 6) is 0.369. The first kappa shape index (κ1) is 20.8. The number of ketones is 2. The van der Waals surface area contributed by atoms with Gasteiger partial charge < -0.3 is 25.6 Å². The maximum absolute atomic E-state index is 11.6. The highest BCUT2D eigenvalue weighted by molar-refractivity contribution is 5.81. The van der Waals surface area contributed by atoms with Gasteiger partial charge in [-0.2, -0.15) is 4.98 Å². The summed E-state index contributed by atoms with van der Waals surface area (Å²) < 4.78 is 9.76. The zero-order valence-electron chi connectivity index (χ0n) is 14.2. The topological polar surface area (TPSA) is 161 Å². The van der Waals surface area contributed by atoms with Crippen molar-refractivity contribution in [2.75, 3.05) is 39.5 Å². The van der Waals surface area contributed by atoms with Crippen LogP contribution in [0.15, 0.2) is 4.52 Å². The van der Waals surface area contributed by atoms with E-state index in [2.05, 4.69) is 26.1 Å². The number of rotatable bonds is 14. The molecular formula is C14H24N6O5. The van der Waals surface area contributed by atoms with Gasteiger partial charge in [0, 0.05) is 19.9 Å². The van der Waals surface area contributed by atoms with Crippen molar-refractivity contribution >= 4 is 17.5 Å². The normalized spacial score (nSPS) is 10.6. The van der Waals surface area contributed by atoms with Gasteiger partial charge in [-0.15, -0.1) is 0 Å². The second-order valence-corrected chi connectivity index (χ2v) is 5.13. The molecule has 5 N–H and O–H groups in total. The largest absolute Gasteiger partial charge is 0.358 e. The van der Waals surface area contributed by atoms with E-state index in [1.54, 1.807) is 6.92 Å². The van der Waals surface area contributed by atoms with Gasteiger partial charge in [-0.3, -0.25) is 19.7 Å². The molecule has 0 spiro atoms. The fourth-order valence-electron chi connectivity index (χ4n) is 1.66. The third-order valence-corrected chi connectivity index (χ3v) is 2.90. The van der Waals surface area contributed by atoms with Crippen LogP contribution in [0.5, 0.6) is 0 Å². The molecule has 11 heteroatoms. The van der Waals surface area contributed by atoms with E-state index >= 15 is 0 Å². The van der Waals surface area contributed by atoms with Crippen LogP contribution in [-0.4, -0.2) is 67.1 Å². The van der Waals surface area contributed by atoms with Crippen LogP contribution < -0.4 is 21.7 Å². The SMILES string of the molecule is Cc1nc(CNC(=O)CNCCC(=O)CNCOCC(=O)CN)no1. The number of nitrogens with two attached hydrogens (primary N) is 1. The Kier molecular flexibility index (Phi) is 10.2. The Labute approximate surface area is 145 Å². The summed E-state index contributed by atoms with van der Waals surface area (Å²) in [6.07, 6.45) is 0.270. The zero-order chi connectivity index (χ0) is 18.5. The molecule has 0 aliphatic heterocycles. The van der Waals surface area contributed by atoms with Crippen LogP contribution in [0, 0.1) is 6.92 Å². The highest BCUT2D eigenvalue weighted by Gasteiger charge is 2.06. The first-order valence-corrected chi connectivity index (χ1v) is 7.79. The van der Waals surface area contributed by atoms with Crippen LogP contribution >= 0.6 is 0 Å². The molecule has 1 rings (SSSR count). The van der Waals surface area contributed by atoms with Gasteiger partial charge in [0.05, 0.1) is 32.9 Å². The van der Waals surface area contributed by atoms with Gasteiger partial charge in [0.25, 0.3) is 0 Å². The molecule has 0 aliphatic rings. The number of carbonyl (C=O) groups excluding carboxylic acids is 3. The van der Waals surface area contributed by atoms with E-state index in [1.807, 2.05) is 0 Å². The summed E-state index contributed by atoms with van der Waals surface area (Å²) in [5.41, 5.74) is 5.12. The number of aryl methyl sites for hydroxylation is 1. The standard InChI is InChI=1S/C14H24N6O5/c1-10-19-13(20-25-10)6-18-14(23)7-16-3-2-11(21)5-17-9-24-8-12(22)4-15/h16-17H,2-9,15H2,1H3,(H,18,23). The van der Waals surface area contributed by atoms with Crippen molar-refractivity contribution in [1.29, 1.82) is 0 Å². The Bertz CT molecular complexity index is 562. The molecular weight excluding hydrogens is 332 g/mol. The van der Waals surface area contributed by atoms with Gasteiger partial charge in [0.1, 0.15) is 12.4 Å². The second kappa shape index (κ2) is 12.2. The van der Waals surface area contributed by atoms with E-state index in [4.69, 9.17) is 15.0 Å². The average molecular weight is 356 g/mol. The minimum atomic E-state index is -0.231. The maximum Gasteiger partial charge on any atom is 0.234 e. The monoisotopic (exact) mass is 356 g/mol. The number of hydrogen-bond donors (Lipinski definition) is 4. The number of hydrogen-bond acceptors (Lipinski definition) is 10. The summed E-state index contributed by atoms with van der Waals surface area (Å²) in [5, 5.41) is 11.9. The van der Waals surface area contributed by atoms with Crippen LogP contribution in [0.1, 0.15) is 18.1 Å². The quantitative estimate of drug-likeness (QED) is 0.209. The fourth-order valence-corrected chi connectivity index (χ4v) is 1.66. The zero-order valence-corrected chi connectivity index (χ0v) is 14.2. The minimum Gasteiger partial charge on any atom is -0.358 e. The molecule has 0 saturated carbocycles. The van der Waals surface area contributed by atoms with E-state index in [1.165, 1.54) is 0 Å². The van der Waals surface area contributed by atoms with E-state index in [9.17, 15) is 14.4 Å². The number of nitrogens with zero attached hydrogens (tertiary/aromatic N) is 2. The molecule has 0 saturated heterocycles. The maximum atomic E-state index is 11.6. The highest BCUT2D eigenvalue weighted by atomic mass is 16.5. The van der Waals surface area contributed by atoms with Crippen molar-refractivity contribution in [3.63, 3.8) is 0 Å². The lowest BCUT2D eigenvalue weighted by atomic mass is 10.3. The van der Waals surface area contributed by atoms with Crippen LogP contribution in [0.2, 0.25) is 0 Å². The summed E-state index contributed by atoms with van der Waals surface area (Å²) in [4.78, 5) is 38.0. The molecule has 1 heterocycles. The molecule has 1 aromatic heterocycles. The molecule has 1 amide bonds. The average Bonchev–Trinajstić information content (AvgIpc) is 3.01. The summed E-state index contributed by atoms with van der Waals surface area (Å²) in [6, 6.07) is 0. The number of aromatic nitrogens is 2. The predicted octanol–water partition coefficient (Wildman–Crippen LogP) is -2.37. The summed E-state index contributed by atoms with van der Waals surface area (Å²) >= 11 is 0. The van der Waals surface area contributed by atoms with E-state index < -0.39 is 0 Å². The molecule has 140 valence electrons. The number of amides is 1. The lowest BCUT2D eigenvalue weighted by molar-refractivity contribution is -0.123. The Morgan fingerprint density at radius 3 is 2.68 bits per heavy atom. The van der Waals surface area contributed by atoms with Crippen LogP contribution in [0.4, 0.5) is 0 Å². The van der Waals surface area contributed by atoms with Crippen molar-refractivity contribution in [3.05, 3.63) is 11.7 Å². The van der Waals surface area contributed by atoms with E-state index in [0.29, 0.717) is 18.3 Å². The number of nitrogens with one attached hydrogen (secondary N) is 3. The molecule has 0 radical (unpaired) electrons. The Morgan fingerprint density at radius 1 is 1.20 bits per heavy atom. The molecule has 0 unspecified atom stereocenters. The molecule has 0 atom stereocenters. The van der Waals surface area contributed by atoms with Crippen molar-refractivity contribution < 1.29 is 23.6 Å². The lowest BCUT2D eigenvalue weighted by Gasteiger charge is -2.06. The van der Waals surface area contributed by atoms with Crippen molar-refractivity contribution in [2.24, 2.45) is 5.73 Å².